The molecule has 0 aliphatic carbocycles. The Bertz CT molecular complexity index is 908. The standard InChI is InChI=1S/C25H36N2O3S.K/c1-2-3-4-5-6-7-8-9-13-20-25-26(21-22-16-11-10-12-17-22)23-18-14-15-19-24(23)27(25)31(28,29)30;/h10-12,14-19,25H,2-9,13,20-21H2,1H3,(H,28,29,30);/q;+1/p-1. The topological polar surface area (TPSA) is 63.7 Å². The Kier molecular flexibility index (Phi) is 12.3. The molecular weight excluding hydrogens is 447 g/mol. The first-order chi connectivity index (χ1) is 15.0. The van der Waals surface area contributed by atoms with E-state index in [9.17, 15) is 13.0 Å². The van der Waals surface area contributed by atoms with Crippen LogP contribution in [0.15, 0.2) is 54.6 Å². The summed E-state index contributed by atoms with van der Waals surface area (Å²) in [7, 11) is -4.61. The molecule has 3 rings (SSSR count). The molecular formula is C25H35KN2O3S. The minimum Gasteiger partial charge on any atom is -0.731 e. The van der Waals surface area contributed by atoms with Crippen molar-refractivity contribution >= 4 is 21.7 Å². The van der Waals surface area contributed by atoms with Crippen molar-refractivity contribution in [2.24, 2.45) is 0 Å². The number of para-hydroxylation sites is 2. The molecule has 1 atom stereocenters. The van der Waals surface area contributed by atoms with Crippen LogP contribution in [0.2, 0.25) is 0 Å². The first kappa shape index (κ1) is 27.8. The van der Waals surface area contributed by atoms with E-state index in [2.05, 4.69) is 11.8 Å². The Morgan fingerprint density at radius 3 is 1.91 bits per heavy atom. The second-order valence-corrected chi connectivity index (χ2v) is 9.70. The normalized spacial score (nSPS) is 15.5. The van der Waals surface area contributed by atoms with Gasteiger partial charge in [-0.3, -0.25) is 4.31 Å². The summed E-state index contributed by atoms with van der Waals surface area (Å²) < 4.78 is 37.7. The third kappa shape index (κ3) is 7.82. The molecule has 0 N–H and O–H groups in total. The molecule has 0 saturated heterocycles. The van der Waals surface area contributed by atoms with E-state index in [-0.39, 0.29) is 51.4 Å². The van der Waals surface area contributed by atoms with Crippen LogP contribution in [-0.4, -0.2) is 19.1 Å². The quantitative estimate of drug-likeness (QED) is 0.250. The van der Waals surface area contributed by atoms with Gasteiger partial charge in [-0.25, -0.2) is 8.42 Å². The van der Waals surface area contributed by atoms with Gasteiger partial charge in [-0.1, -0.05) is 101 Å². The van der Waals surface area contributed by atoms with Crippen molar-refractivity contribution in [1.29, 1.82) is 0 Å². The van der Waals surface area contributed by atoms with Crippen LogP contribution in [0, 0.1) is 0 Å². The third-order valence-electron chi connectivity index (χ3n) is 6.06. The molecule has 0 aromatic heterocycles. The van der Waals surface area contributed by atoms with E-state index in [1.165, 1.54) is 38.5 Å². The zero-order chi connectivity index (χ0) is 22.1. The van der Waals surface area contributed by atoms with Crippen LogP contribution in [0.4, 0.5) is 11.4 Å². The number of unbranched alkanes of at least 4 members (excludes halogenated alkanes) is 8. The minimum atomic E-state index is -4.61. The van der Waals surface area contributed by atoms with Crippen LogP contribution in [0.25, 0.3) is 0 Å². The second kappa shape index (κ2) is 14.1. The Morgan fingerprint density at radius 2 is 1.31 bits per heavy atom. The molecule has 1 heterocycles. The summed E-state index contributed by atoms with van der Waals surface area (Å²) in [6, 6.07) is 17.3. The van der Waals surface area contributed by atoms with E-state index in [1.807, 2.05) is 42.5 Å². The van der Waals surface area contributed by atoms with Gasteiger partial charge in [0.1, 0.15) is 6.17 Å². The fraction of sp³-hybridized carbons (Fsp3) is 0.520. The molecule has 0 radical (unpaired) electrons. The SMILES string of the molecule is CCCCCCCCCCCC1N(Cc2ccccc2)c2ccccc2N1S(=O)(=O)[O-].[K+]. The average Bonchev–Trinajstić information content (AvgIpc) is 3.07. The zero-order valence-corrected chi connectivity index (χ0v) is 23.5. The fourth-order valence-electron chi connectivity index (χ4n) is 4.49. The van der Waals surface area contributed by atoms with Crippen LogP contribution in [0.3, 0.4) is 0 Å². The first-order valence-corrected chi connectivity index (χ1v) is 13.0. The summed E-state index contributed by atoms with van der Waals surface area (Å²) in [4.78, 5) is 2.07. The van der Waals surface area contributed by atoms with E-state index < -0.39 is 16.5 Å². The number of nitrogens with zero attached hydrogens (tertiary/aromatic N) is 2. The van der Waals surface area contributed by atoms with Gasteiger partial charge in [-0.05, 0) is 30.5 Å². The Hall–Kier alpha value is -0.414. The van der Waals surface area contributed by atoms with Gasteiger partial charge in [0.2, 0.25) is 0 Å². The van der Waals surface area contributed by atoms with Gasteiger partial charge in [0.25, 0.3) is 0 Å². The van der Waals surface area contributed by atoms with Crippen LogP contribution >= 0.6 is 0 Å². The third-order valence-corrected chi connectivity index (χ3v) is 6.98. The van der Waals surface area contributed by atoms with Gasteiger partial charge in [-0.15, -0.1) is 0 Å². The van der Waals surface area contributed by atoms with Crippen molar-refractivity contribution in [3.8, 4) is 0 Å². The van der Waals surface area contributed by atoms with Gasteiger partial charge in [0.15, 0.2) is 10.3 Å². The van der Waals surface area contributed by atoms with Crippen LogP contribution in [0.5, 0.6) is 0 Å². The number of hydrogen-bond donors (Lipinski definition) is 0. The molecule has 7 heteroatoms. The summed E-state index contributed by atoms with van der Waals surface area (Å²) in [5.74, 6) is 0. The Balaban J connectivity index is 0.00000363. The summed E-state index contributed by atoms with van der Waals surface area (Å²) >= 11 is 0. The zero-order valence-electron chi connectivity index (χ0n) is 19.6. The van der Waals surface area contributed by atoms with Gasteiger partial charge >= 0.3 is 51.4 Å². The smallest absolute Gasteiger partial charge is 0.731 e. The van der Waals surface area contributed by atoms with Gasteiger partial charge in [0, 0.05) is 6.54 Å². The summed E-state index contributed by atoms with van der Waals surface area (Å²) in [6.07, 6.45) is 11.0. The van der Waals surface area contributed by atoms with E-state index in [4.69, 9.17) is 0 Å². The monoisotopic (exact) mass is 482 g/mol. The number of hydrogen-bond acceptors (Lipinski definition) is 4. The van der Waals surface area contributed by atoms with Crippen LogP contribution in [0.1, 0.15) is 76.7 Å². The molecule has 0 amide bonds. The molecule has 32 heavy (non-hydrogen) atoms. The number of anilines is 2. The summed E-state index contributed by atoms with van der Waals surface area (Å²) in [5, 5.41) is 0. The summed E-state index contributed by atoms with van der Waals surface area (Å²) in [5.41, 5.74) is 2.40. The molecule has 5 nitrogen and oxygen atoms in total. The Labute approximate surface area is 236 Å². The maximum Gasteiger partial charge on any atom is 1.00 e. The summed E-state index contributed by atoms with van der Waals surface area (Å²) in [6.45, 7) is 2.81. The molecule has 170 valence electrons. The molecule has 2 aromatic rings. The van der Waals surface area contributed by atoms with Gasteiger partial charge < -0.3 is 9.45 Å². The molecule has 0 spiro atoms. The van der Waals surface area contributed by atoms with Crippen molar-refractivity contribution in [2.45, 2.75) is 83.8 Å². The second-order valence-electron chi connectivity index (χ2n) is 8.45. The number of fused-ring (bicyclic) bond motifs is 1. The van der Waals surface area contributed by atoms with E-state index >= 15 is 0 Å². The first-order valence-electron chi connectivity index (χ1n) is 11.7. The van der Waals surface area contributed by atoms with Crippen molar-refractivity contribution in [3.05, 3.63) is 60.2 Å². The van der Waals surface area contributed by atoms with E-state index in [0.717, 1.165) is 34.8 Å². The average molecular weight is 483 g/mol. The minimum absolute atomic E-state index is 0. The van der Waals surface area contributed by atoms with E-state index in [1.54, 1.807) is 12.1 Å². The van der Waals surface area contributed by atoms with Gasteiger partial charge in [-0.2, -0.15) is 0 Å². The number of rotatable bonds is 13. The molecule has 1 aliphatic rings. The molecule has 0 fully saturated rings. The van der Waals surface area contributed by atoms with Crippen LogP contribution in [-0.2, 0) is 16.8 Å². The van der Waals surface area contributed by atoms with Crippen LogP contribution < -0.4 is 60.6 Å². The predicted octanol–water partition coefficient (Wildman–Crippen LogP) is 3.22. The number of benzene rings is 2. The van der Waals surface area contributed by atoms with Crippen molar-refractivity contribution in [3.63, 3.8) is 0 Å². The van der Waals surface area contributed by atoms with Gasteiger partial charge in [0.05, 0.1) is 11.4 Å². The van der Waals surface area contributed by atoms with Crippen molar-refractivity contribution in [1.82, 2.24) is 0 Å². The van der Waals surface area contributed by atoms with E-state index in [0.29, 0.717) is 18.7 Å². The van der Waals surface area contributed by atoms with Crippen molar-refractivity contribution < 1.29 is 64.4 Å². The molecule has 1 unspecified atom stereocenters. The molecule has 0 bridgehead atoms. The largest absolute Gasteiger partial charge is 1.00 e. The fourth-order valence-corrected chi connectivity index (χ4v) is 5.40. The molecule has 1 aliphatic heterocycles. The molecule has 2 aromatic carbocycles. The predicted molar refractivity (Wildman–Crippen MR) is 127 cm³/mol. The maximum absolute atomic E-state index is 12.2. The van der Waals surface area contributed by atoms with Crippen molar-refractivity contribution in [2.75, 3.05) is 9.21 Å². The maximum atomic E-state index is 12.2. The molecule has 0 saturated carbocycles. The Morgan fingerprint density at radius 1 is 0.781 bits per heavy atom.